The standard InChI is InChI=1S/C33H32N2O3S2/c36-40(37,30-17-20-39-24-30)21-18-28-12-7-19-35-32(27-10-5-2-6-11-27)31(22-34-33(28)35)26-13-15-29(16-14-26)38-23-25-8-3-1-4-9-25/h1,3-4,8-9,12-17,19-20,22,24,27H,2,5-6,10-11,18,21,23H2. The predicted molar refractivity (Wildman–Crippen MR) is 162 cm³/mol. The third kappa shape index (κ3) is 5.78. The fraction of sp³-hybridized carbons (Fsp3) is 0.273. The van der Waals surface area contributed by atoms with Gasteiger partial charge in [0.05, 0.1) is 16.8 Å². The summed E-state index contributed by atoms with van der Waals surface area (Å²) < 4.78 is 31.8. The van der Waals surface area contributed by atoms with Gasteiger partial charge in [-0.05, 0) is 60.0 Å². The molecule has 0 amide bonds. The van der Waals surface area contributed by atoms with Crippen LogP contribution in [-0.2, 0) is 16.4 Å². The highest BCUT2D eigenvalue weighted by Gasteiger charge is 2.31. The molecule has 3 aromatic rings. The predicted octanol–water partition coefficient (Wildman–Crippen LogP) is 7.76. The molecule has 0 N–H and O–H groups in total. The summed E-state index contributed by atoms with van der Waals surface area (Å²) in [5.41, 5.74) is 8.76. The van der Waals surface area contributed by atoms with E-state index in [9.17, 15) is 8.42 Å². The molecule has 3 heterocycles. The number of thiophene rings is 1. The number of nitrogens with zero attached hydrogens (tertiary/aromatic N) is 2. The van der Waals surface area contributed by atoms with E-state index < -0.39 is 9.84 Å². The molecule has 6 rings (SSSR count). The third-order valence-electron chi connectivity index (χ3n) is 7.73. The van der Waals surface area contributed by atoms with E-state index in [0.717, 1.165) is 46.7 Å². The summed E-state index contributed by atoms with van der Waals surface area (Å²) in [5.74, 6) is 2.10. The SMILES string of the molecule is O=S(=O)(CCC1=C2N=CC(c3ccc(OCc4ccccc4)cc3)=C(C3CCCCC3)N2C=C=C1)c1ccsc1. The molecule has 1 fully saturated rings. The van der Waals surface area contributed by atoms with Gasteiger partial charge < -0.3 is 4.74 Å². The van der Waals surface area contributed by atoms with Crippen LogP contribution in [0.5, 0.6) is 5.75 Å². The van der Waals surface area contributed by atoms with Crippen LogP contribution in [-0.4, -0.2) is 25.3 Å². The molecule has 3 aliphatic rings. The highest BCUT2D eigenvalue weighted by molar-refractivity contribution is 7.91. The van der Waals surface area contributed by atoms with Crippen molar-refractivity contribution in [2.75, 3.05) is 5.75 Å². The van der Waals surface area contributed by atoms with E-state index in [1.165, 1.54) is 36.3 Å². The molecule has 0 radical (unpaired) electrons. The Morgan fingerprint density at radius 1 is 1.00 bits per heavy atom. The lowest BCUT2D eigenvalue weighted by atomic mass is 9.83. The number of allylic oxidation sites excluding steroid dienone is 4. The molecule has 0 atom stereocenters. The van der Waals surface area contributed by atoms with Crippen LogP contribution in [0.25, 0.3) is 5.57 Å². The summed E-state index contributed by atoms with van der Waals surface area (Å²) in [6.07, 6.45) is 12.2. The second-order valence-electron chi connectivity index (χ2n) is 10.4. The lowest BCUT2D eigenvalue weighted by Crippen LogP contribution is -2.29. The molecule has 0 saturated heterocycles. The summed E-state index contributed by atoms with van der Waals surface area (Å²) in [5, 5.41) is 3.50. The maximum atomic E-state index is 12.9. The number of hydrogen-bond acceptors (Lipinski definition) is 6. The van der Waals surface area contributed by atoms with Crippen molar-refractivity contribution in [2.45, 2.75) is 50.0 Å². The number of ether oxygens (including phenoxy) is 1. The monoisotopic (exact) mass is 568 g/mol. The zero-order valence-corrected chi connectivity index (χ0v) is 24.0. The second-order valence-corrected chi connectivity index (χ2v) is 13.3. The smallest absolute Gasteiger partial charge is 0.179 e. The lowest BCUT2D eigenvalue weighted by Gasteiger charge is -2.37. The summed E-state index contributed by atoms with van der Waals surface area (Å²) in [6.45, 7) is 0.529. The molecule has 0 spiro atoms. The molecule has 0 unspecified atom stereocenters. The molecule has 40 heavy (non-hydrogen) atoms. The Labute approximate surface area is 240 Å². The Morgan fingerprint density at radius 3 is 2.55 bits per heavy atom. The van der Waals surface area contributed by atoms with Gasteiger partial charge >= 0.3 is 0 Å². The fourth-order valence-electron chi connectivity index (χ4n) is 5.60. The van der Waals surface area contributed by atoms with E-state index in [-0.39, 0.29) is 5.75 Å². The Morgan fingerprint density at radius 2 is 1.80 bits per heavy atom. The molecule has 1 saturated carbocycles. The molecule has 7 heteroatoms. The minimum absolute atomic E-state index is 0.0455. The van der Waals surface area contributed by atoms with Crippen molar-refractivity contribution in [3.63, 3.8) is 0 Å². The van der Waals surface area contributed by atoms with Crippen molar-refractivity contribution in [3.8, 4) is 5.75 Å². The van der Waals surface area contributed by atoms with Crippen LogP contribution in [0.3, 0.4) is 0 Å². The van der Waals surface area contributed by atoms with Crippen molar-refractivity contribution >= 4 is 33.0 Å². The second kappa shape index (κ2) is 11.8. The first-order valence-electron chi connectivity index (χ1n) is 13.8. The molecule has 5 nitrogen and oxygen atoms in total. The van der Waals surface area contributed by atoms with Gasteiger partial charge in [-0.3, -0.25) is 4.90 Å². The van der Waals surface area contributed by atoms with Crippen LogP contribution >= 0.6 is 11.3 Å². The first-order chi connectivity index (χ1) is 19.6. The number of benzene rings is 2. The van der Waals surface area contributed by atoms with Crippen LogP contribution < -0.4 is 4.74 Å². The van der Waals surface area contributed by atoms with Gasteiger partial charge in [0.25, 0.3) is 0 Å². The highest BCUT2D eigenvalue weighted by Crippen LogP contribution is 2.41. The van der Waals surface area contributed by atoms with Crippen molar-refractivity contribution in [3.05, 3.63) is 118 Å². The molecule has 1 aliphatic carbocycles. The Hall–Kier alpha value is -3.64. The van der Waals surface area contributed by atoms with Gasteiger partial charge in [0.2, 0.25) is 0 Å². The summed E-state index contributed by atoms with van der Waals surface area (Å²) in [4.78, 5) is 7.45. The summed E-state index contributed by atoms with van der Waals surface area (Å²) in [7, 11) is -3.34. The largest absolute Gasteiger partial charge is 0.489 e. The first-order valence-corrected chi connectivity index (χ1v) is 16.4. The molecule has 204 valence electrons. The van der Waals surface area contributed by atoms with E-state index in [2.05, 4.69) is 34.9 Å². The molecule has 1 aromatic heterocycles. The Bertz CT molecular complexity index is 1600. The fourth-order valence-corrected chi connectivity index (χ4v) is 7.96. The maximum absolute atomic E-state index is 12.9. The number of aliphatic imine (C=N–C) groups is 1. The van der Waals surface area contributed by atoms with Crippen molar-refractivity contribution in [2.24, 2.45) is 10.9 Å². The summed E-state index contributed by atoms with van der Waals surface area (Å²) in [6, 6.07) is 20.1. The van der Waals surface area contributed by atoms with Crippen molar-refractivity contribution in [1.82, 2.24) is 4.90 Å². The zero-order valence-electron chi connectivity index (χ0n) is 22.3. The van der Waals surface area contributed by atoms with Crippen molar-refractivity contribution < 1.29 is 13.2 Å². The van der Waals surface area contributed by atoms with Crippen LogP contribution in [0, 0.1) is 5.92 Å². The van der Waals surface area contributed by atoms with Gasteiger partial charge in [-0.15, -0.1) is 5.73 Å². The third-order valence-corrected chi connectivity index (χ3v) is 10.3. The summed E-state index contributed by atoms with van der Waals surface area (Å²) >= 11 is 1.40. The molecule has 0 bridgehead atoms. The van der Waals surface area contributed by atoms with Gasteiger partial charge in [-0.1, -0.05) is 61.7 Å². The number of hydrogen-bond donors (Lipinski definition) is 0. The van der Waals surface area contributed by atoms with E-state index >= 15 is 0 Å². The van der Waals surface area contributed by atoms with Crippen LogP contribution in [0.15, 0.2) is 116 Å². The average molecular weight is 569 g/mol. The number of rotatable bonds is 9. The van der Waals surface area contributed by atoms with E-state index in [1.807, 2.05) is 48.8 Å². The van der Waals surface area contributed by atoms with Crippen molar-refractivity contribution in [1.29, 1.82) is 0 Å². The van der Waals surface area contributed by atoms with Crippen LogP contribution in [0.1, 0.15) is 49.7 Å². The topological polar surface area (TPSA) is 59.0 Å². The van der Waals surface area contributed by atoms with E-state index in [0.29, 0.717) is 23.8 Å². The quantitative estimate of drug-likeness (QED) is 0.248. The number of sulfone groups is 1. The lowest BCUT2D eigenvalue weighted by molar-refractivity contribution is 0.306. The highest BCUT2D eigenvalue weighted by atomic mass is 32.2. The van der Waals surface area contributed by atoms with Gasteiger partial charge in [0, 0.05) is 34.4 Å². The molecule has 2 aromatic carbocycles. The van der Waals surface area contributed by atoms with E-state index in [1.54, 1.807) is 16.8 Å². The van der Waals surface area contributed by atoms with Gasteiger partial charge in [0.15, 0.2) is 9.84 Å². The number of fused-ring (bicyclic) bond motifs is 1. The normalized spacial score (nSPS) is 17.4. The molecule has 2 aliphatic heterocycles. The maximum Gasteiger partial charge on any atom is 0.179 e. The van der Waals surface area contributed by atoms with Crippen LogP contribution in [0.4, 0.5) is 0 Å². The van der Waals surface area contributed by atoms with E-state index in [4.69, 9.17) is 9.73 Å². The zero-order chi connectivity index (χ0) is 27.4. The minimum Gasteiger partial charge on any atom is -0.489 e. The van der Waals surface area contributed by atoms with Gasteiger partial charge in [-0.25, -0.2) is 13.4 Å². The van der Waals surface area contributed by atoms with Gasteiger partial charge in [-0.2, -0.15) is 11.3 Å². The first kappa shape index (κ1) is 26.6. The Kier molecular flexibility index (Phi) is 7.87. The Balaban J connectivity index is 1.28. The van der Waals surface area contributed by atoms with Crippen LogP contribution in [0.2, 0.25) is 0 Å². The minimum atomic E-state index is -3.34. The molecular formula is C33H32N2O3S2. The molecular weight excluding hydrogens is 537 g/mol. The van der Waals surface area contributed by atoms with Gasteiger partial charge in [0.1, 0.15) is 18.2 Å². The average Bonchev–Trinajstić information content (AvgIpc) is 3.56.